The lowest BCUT2D eigenvalue weighted by molar-refractivity contribution is -0.147. The Kier molecular flexibility index (Phi) is 10.9. The van der Waals surface area contributed by atoms with Crippen LogP contribution in [0.25, 0.3) is 0 Å². The Bertz CT molecular complexity index is 1100. The van der Waals surface area contributed by atoms with Gasteiger partial charge < -0.3 is 42.0 Å². The summed E-state index contributed by atoms with van der Waals surface area (Å²) in [5.74, 6) is -5.63. The lowest BCUT2D eigenvalue weighted by Gasteiger charge is -2.24. The Morgan fingerprint density at radius 2 is 1.51 bits per heavy atom. The van der Waals surface area contributed by atoms with Crippen LogP contribution in [0, 0.1) is 0 Å². The number of benzene rings is 1. The summed E-state index contributed by atoms with van der Waals surface area (Å²) in [4.78, 5) is 67.4. The van der Waals surface area contributed by atoms with Crippen LogP contribution in [0.1, 0.15) is 17.7 Å². The number of carboxylic acid groups (broad SMARTS) is 2. The van der Waals surface area contributed by atoms with Gasteiger partial charge in [-0.05, 0) is 17.7 Å². The van der Waals surface area contributed by atoms with E-state index in [0.29, 0.717) is 11.3 Å². The minimum absolute atomic E-state index is 0.0366. The number of nitrogens with zero attached hydrogens (tertiary/aromatic N) is 1. The van der Waals surface area contributed by atoms with E-state index in [9.17, 15) is 34.2 Å². The smallest absolute Gasteiger partial charge is 0.326 e. The van der Waals surface area contributed by atoms with Crippen molar-refractivity contribution in [1.82, 2.24) is 25.9 Å². The number of phenolic OH excluding ortho intramolecular Hbond substituents is 1. The van der Waals surface area contributed by atoms with Crippen molar-refractivity contribution in [2.45, 2.75) is 43.4 Å². The quantitative estimate of drug-likeness (QED) is 0.122. The van der Waals surface area contributed by atoms with Crippen LogP contribution in [0.4, 0.5) is 0 Å². The lowest BCUT2D eigenvalue weighted by Crippen LogP contribution is -2.58. The van der Waals surface area contributed by atoms with Gasteiger partial charge in [-0.25, -0.2) is 9.78 Å². The van der Waals surface area contributed by atoms with E-state index in [1.165, 1.54) is 36.8 Å². The highest BCUT2D eigenvalue weighted by atomic mass is 32.1. The van der Waals surface area contributed by atoms with E-state index >= 15 is 0 Å². The maximum absolute atomic E-state index is 12.9. The second kappa shape index (κ2) is 13.8. The molecule has 15 heteroatoms. The highest BCUT2D eigenvalue weighted by Crippen LogP contribution is 2.12. The fourth-order valence-corrected chi connectivity index (χ4v) is 3.45. The fraction of sp³-hybridized carbons (Fsp3) is 0.364. The maximum Gasteiger partial charge on any atom is 0.326 e. The monoisotopic (exact) mass is 536 g/mol. The number of hydrogen-bond donors (Lipinski definition) is 9. The third-order valence-corrected chi connectivity index (χ3v) is 5.51. The average molecular weight is 537 g/mol. The largest absolute Gasteiger partial charge is 0.508 e. The molecular weight excluding hydrogens is 508 g/mol. The Labute approximate surface area is 216 Å². The summed E-state index contributed by atoms with van der Waals surface area (Å²) >= 11 is 4.09. The van der Waals surface area contributed by atoms with Gasteiger partial charge in [0, 0.05) is 30.5 Å². The number of amides is 3. The van der Waals surface area contributed by atoms with Gasteiger partial charge in [-0.15, -0.1) is 0 Å². The first-order chi connectivity index (χ1) is 17.5. The number of thiol groups is 1. The molecule has 14 nitrogen and oxygen atoms in total. The van der Waals surface area contributed by atoms with Crippen molar-refractivity contribution >= 4 is 42.3 Å². The standard InChI is InChI=1S/C22H28N6O8S/c23-14(6-12-8-24-10-25-12)19(32)28-17(9-37)21(34)26-15(5-11-1-3-13(29)4-2-11)20(33)27-16(22(35)36)7-18(30)31/h1-4,8,10,14-17,29,37H,5-7,9,23H2,(H,24,25)(H,26,34)(H,27,33)(H,28,32)(H,30,31)(H,35,36). The molecule has 4 atom stereocenters. The molecule has 0 bridgehead atoms. The molecule has 37 heavy (non-hydrogen) atoms. The number of aromatic amines is 1. The zero-order valence-electron chi connectivity index (χ0n) is 19.5. The third-order valence-electron chi connectivity index (χ3n) is 5.15. The van der Waals surface area contributed by atoms with Crippen LogP contribution in [-0.2, 0) is 36.8 Å². The van der Waals surface area contributed by atoms with Crippen molar-refractivity contribution in [2.24, 2.45) is 5.73 Å². The lowest BCUT2D eigenvalue weighted by atomic mass is 10.0. The van der Waals surface area contributed by atoms with Gasteiger partial charge in [0.15, 0.2) is 0 Å². The Hall–Kier alpha value is -4.11. The number of aliphatic carboxylic acids is 2. The number of carboxylic acids is 2. The van der Waals surface area contributed by atoms with Gasteiger partial charge >= 0.3 is 11.9 Å². The van der Waals surface area contributed by atoms with Gasteiger partial charge in [0.05, 0.1) is 18.8 Å². The second-order valence-electron chi connectivity index (χ2n) is 8.06. The molecule has 0 saturated heterocycles. The van der Waals surface area contributed by atoms with Gasteiger partial charge in [-0.2, -0.15) is 12.6 Å². The first-order valence-electron chi connectivity index (χ1n) is 11.0. The highest BCUT2D eigenvalue weighted by molar-refractivity contribution is 7.80. The normalized spacial score (nSPS) is 14.0. The number of imidazole rings is 1. The minimum Gasteiger partial charge on any atom is -0.508 e. The number of H-pyrrole nitrogens is 1. The summed E-state index contributed by atoms with van der Waals surface area (Å²) in [5.41, 5.74) is 7.00. The number of rotatable bonds is 14. The SMILES string of the molecule is NC(Cc1cnc[nH]1)C(=O)NC(CS)C(=O)NC(Cc1ccc(O)cc1)C(=O)NC(CC(=O)O)C(=O)O. The Balaban J connectivity index is 2.15. The third kappa shape index (κ3) is 9.46. The number of aromatic nitrogens is 2. The molecule has 3 amide bonds. The molecule has 1 aromatic carbocycles. The summed E-state index contributed by atoms with van der Waals surface area (Å²) in [6, 6.07) is 0.367. The zero-order valence-corrected chi connectivity index (χ0v) is 20.4. The zero-order chi connectivity index (χ0) is 27.5. The number of hydrogen-bond acceptors (Lipinski definition) is 9. The predicted octanol–water partition coefficient (Wildman–Crippen LogP) is -1.83. The summed E-state index contributed by atoms with van der Waals surface area (Å²) in [7, 11) is 0. The van der Waals surface area contributed by atoms with Gasteiger partial charge in [-0.1, -0.05) is 12.1 Å². The van der Waals surface area contributed by atoms with Crippen molar-refractivity contribution < 1.29 is 39.3 Å². The fourth-order valence-electron chi connectivity index (χ4n) is 3.20. The van der Waals surface area contributed by atoms with E-state index in [4.69, 9.17) is 10.8 Å². The van der Waals surface area contributed by atoms with E-state index in [-0.39, 0.29) is 24.3 Å². The van der Waals surface area contributed by atoms with E-state index in [1.54, 1.807) is 0 Å². The van der Waals surface area contributed by atoms with Crippen molar-refractivity contribution in [1.29, 1.82) is 0 Å². The number of nitrogens with one attached hydrogen (secondary N) is 4. The number of nitrogens with two attached hydrogens (primary N) is 1. The van der Waals surface area contributed by atoms with Crippen LogP contribution >= 0.6 is 12.6 Å². The van der Waals surface area contributed by atoms with Gasteiger partial charge in [0.25, 0.3) is 0 Å². The molecule has 0 aliphatic heterocycles. The molecule has 9 N–H and O–H groups in total. The van der Waals surface area contributed by atoms with Crippen LogP contribution in [0.3, 0.4) is 0 Å². The van der Waals surface area contributed by atoms with E-state index < -0.39 is 60.2 Å². The molecule has 1 aromatic heterocycles. The Morgan fingerprint density at radius 3 is 2.05 bits per heavy atom. The molecule has 0 aliphatic rings. The van der Waals surface area contributed by atoms with Crippen LogP contribution < -0.4 is 21.7 Å². The van der Waals surface area contributed by atoms with Crippen molar-refractivity contribution in [2.75, 3.05) is 5.75 Å². The molecule has 0 fully saturated rings. The van der Waals surface area contributed by atoms with Crippen molar-refractivity contribution in [3.05, 3.63) is 48.0 Å². The predicted molar refractivity (Wildman–Crippen MR) is 132 cm³/mol. The van der Waals surface area contributed by atoms with Crippen LogP contribution in [-0.4, -0.2) is 84.9 Å². The first kappa shape index (κ1) is 29.1. The minimum atomic E-state index is -1.75. The maximum atomic E-state index is 12.9. The first-order valence-corrected chi connectivity index (χ1v) is 11.6. The number of aromatic hydroxyl groups is 1. The summed E-state index contributed by atoms with van der Waals surface area (Å²) < 4.78 is 0. The van der Waals surface area contributed by atoms with Crippen molar-refractivity contribution in [3.63, 3.8) is 0 Å². The molecule has 0 saturated carbocycles. The molecule has 2 aromatic rings. The topological polar surface area (TPSA) is 237 Å². The van der Waals surface area contributed by atoms with E-state index in [0.717, 1.165) is 0 Å². The van der Waals surface area contributed by atoms with Gasteiger partial charge in [0.2, 0.25) is 17.7 Å². The molecule has 0 spiro atoms. The molecule has 200 valence electrons. The molecule has 0 aliphatic carbocycles. The summed E-state index contributed by atoms with van der Waals surface area (Å²) in [5, 5.41) is 34.7. The highest BCUT2D eigenvalue weighted by Gasteiger charge is 2.31. The van der Waals surface area contributed by atoms with E-state index in [1.807, 2.05) is 0 Å². The number of carbonyl (C=O) groups is 5. The van der Waals surface area contributed by atoms with Gasteiger partial charge in [-0.3, -0.25) is 19.2 Å². The van der Waals surface area contributed by atoms with Gasteiger partial charge in [0.1, 0.15) is 23.9 Å². The van der Waals surface area contributed by atoms with Crippen molar-refractivity contribution in [3.8, 4) is 5.75 Å². The molecule has 4 unspecified atom stereocenters. The molecule has 2 rings (SSSR count). The number of carbonyl (C=O) groups excluding carboxylic acids is 3. The second-order valence-corrected chi connectivity index (χ2v) is 8.43. The summed E-state index contributed by atoms with van der Waals surface area (Å²) in [6.45, 7) is 0. The molecular formula is C22H28N6O8S. The number of phenols is 1. The van der Waals surface area contributed by atoms with Crippen LogP contribution in [0.2, 0.25) is 0 Å². The van der Waals surface area contributed by atoms with Crippen LogP contribution in [0.5, 0.6) is 5.75 Å². The van der Waals surface area contributed by atoms with E-state index in [2.05, 4.69) is 38.5 Å². The molecule has 0 radical (unpaired) electrons. The average Bonchev–Trinajstić information content (AvgIpc) is 3.35. The Morgan fingerprint density at radius 1 is 0.919 bits per heavy atom. The summed E-state index contributed by atoms with van der Waals surface area (Å²) in [6.07, 6.45) is 2.03. The molecule has 1 heterocycles. The van der Waals surface area contributed by atoms with Crippen LogP contribution in [0.15, 0.2) is 36.8 Å².